The molecule has 2 aromatic carbocycles. The molecule has 8 heteroatoms. The summed E-state index contributed by atoms with van der Waals surface area (Å²) in [6.07, 6.45) is 0.344. The van der Waals surface area contributed by atoms with Crippen LogP contribution in [-0.2, 0) is 21.6 Å². The first-order valence-corrected chi connectivity index (χ1v) is 10.5. The maximum atomic E-state index is 15.6. The van der Waals surface area contributed by atoms with E-state index in [1.807, 2.05) is 30.3 Å². The van der Waals surface area contributed by atoms with Crippen molar-refractivity contribution < 1.29 is 23.0 Å². The Morgan fingerprint density at radius 1 is 1.38 bits per heavy atom. The van der Waals surface area contributed by atoms with Crippen molar-refractivity contribution >= 4 is 23.1 Å². The molecule has 0 saturated carbocycles. The number of fused-ring (bicyclic) bond motifs is 1. The predicted octanol–water partition coefficient (Wildman–Crippen LogP) is 3.69. The summed E-state index contributed by atoms with van der Waals surface area (Å²) in [5, 5.41) is 2.83. The molecular formula is C24H23ClF2N2O3. The topological polar surface area (TPSA) is 73.6 Å². The minimum Gasteiger partial charge on any atom is -0.480 e. The number of alkyl halides is 1. The van der Waals surface area contributed by atoms with E-state index >= 15 is 4.39 Å². The number of carbonyl (C=O) groups is 1. The summed E-state index contributed by atoms with van der Waals surface area (Å²) in [7, 11) is 3.13. The molecule has 4 rings (SSSR count). The van der Waals surface area contributed by atoms with Gasteiger partial charge in [0, 0.05) is 48.4 Å². The van der Waals surface area contributed by atoms with Crippen LogP contribution in [-0.4, -0.2) is 38.9 Å². The van der Waals surface area contributed by atoms with E-state index in [0.29, 0.717) is 12.1 Å². The lowest BCUT2D eigenvalue weighted by Crippen LogP contribution is -2.41. The van der Waals surface area contributed by atoms with Gasteiger partial charge in [-0.05, 0) is 12.6 Å². The largest absolute Gasteiger partial charge is 0.480 e. The smallest absolute Gasteiger partial charge is 0.249 e. The summed E-state index contributed by atoms with van der Waals surface area (Å²) in [6.45, 7) is 0.408. The van der Waals surface area contributed by atoms with Crippen LogP contribution in [0, 0.1) is 5.82 Å². The lowest BCUT2D eigenvalue weighted by Gasteiger charge is -2.29. The molecule has 1 heterocycles. The Balaban J connectivity index is 1.95. The molecule has 0 bridgehead atoms. The molecule has 3 N–H and O–H groups in total. The third-order valence-corrected chi connectivity index (χ3v) is 6.30. The number of nitrogens with one attached hydrogen (secondary N) is 1. The number of rotatable bonds is 6. The number of halogens is 3. The molecule has 1 amide bonds. The standard InChI is InChI=1S/C24H23ClF2N2O3/c1-29-12-24(13-6-4-3-5-7-13)11-15-18(32-24)10-16(26)21(25)19(15)20-14(23(28)30)8-9-17(31-2)22(20)27/h3-10,17,22,29H,11-12H2,1-2H3,(H2,28,30)/t17-,22?,24+/m0/s1. The number of benzene rings is 2. The van der Waals surface area contributed by atoms with Gasteiger partial charge in [0.1, 0.15) is 17.7 Å². The Hall–Kier alpha value is -2.74. The molecule has 168 valence electrons. The SMILES string of the molecule is CNC[C@@]1(c2ccccc2)Cc2c(cc(F)c(Cl)c2C2=C(C(N)=O)C=C[C@H](OC)C2F)O1. The van der Waals surface area contributed by atoms with Gasteiger partial charge in [0.2, 0.25) is 5.91 Å². The average Bonchev–Trinajstić information content (AvgIpc) is 3.14. The summed E-state index contributed by atoms with van der Waals surface area (Å²) >= 11 is 6.39. The first-order valence-electron chi connectivity index (χ1n) is 10.1. The number of nitrogens with two attached hydrogens (primary N) is 1. The number of carbonyl (C=O) groups excluding carboxylic acids is 1. The molecule has 2 aromatic rings. The van der Waals surface area contributed by atoms with E-state index in [1.165, 1.54) is 25.3 Å². The van der Waals surface area contributed by atoms with Crippen LogP contribution in [0.5, 0.6) is 5.75 Å². The van der Waals surface area contributed by atoms with Crippen LogP contribution in [0.2, 0.25) is 5.02 Å². The van der Waals surface area contributed by atoms with Gasteiger partial charge in [-0.1, -0.05) is 54.1 Å². The predicted molar refractivity (Wildman–Crippen MR) is 119 cm³/mol. The lowest BCUT2D eigenvalue weighted by atomic mass is 9.82. The molecule has 0 spiro atoms. The van der Waals surface area contributed by atoms with E-state index in [9.17, 15) is 9.18 Å². The van der Waals surface area contributed by atoms with E-state index in [4.69, 9.17) is 26.8 Å². The molecule has 3 atom stereocenters. The highest BCUT2D eigenvalue weighted by molar-refractivity contribution is 6.33. The van der Waals surface area contributed by atoms with E-state index in [2.05, 4.69) is 5.32 Å². The van der Waals surface area contributed by atoms with Gasteiger partial charge in [0.05, 0.1) is 5.02 Å². The molecule has 1 aliphatic carbocycles. The van der Waals surface area contributed by atoms with Crippen LogP contribution >= 0.6 is 11.6 Å². The Bertz CT molecular complexity index is 1120. The molecule has 5 nitrogen and oxygen atoms in total. The van der Waals surface area contributed by atoms with E-state index in [1.54, 1.807) is 7.05 Å². The number of ether oxygens (including phenoxy) is 2. The fourth-order valence-corrected chi connectivity index (χ4v) is 4.76. The van der Waals surface area contributed by atoms with Gasteiger partial charge in [0.25, 0.3) is 0 Å². The van der Waals surface area contributed by atoms with Crippen LogP contribution < -0.4 is 15.8 Å². The first-order chi connectivity index (χ1) is 15.3. The monoisotopic (exact) mass is 460 g/mol. The van der Waals surface area contributed by atoms with E-state index in [0.717, 1.165) is 5.56 Å². The van der Waals surface area contributed by atoms with Crippen molar-refractivity contribution in [2.45, 2.75) is 24.3 Å². The van der Waals surface area contributed by atoms with Crippen molar-refractivity contribution in [2.75, 3.05) is 20.7 Å². The lowest BCUT2D eigenvalue weighted by molar-refractivity contribution is -0.114. The van der Waals surface area contributed by atoms with Crippen LogP contribution in [0.3, 0.4) is 0 Å². The van der Waals surface area contributed by atoms with Crippen molar-refractivity contribution in [3.05, 3.63) is 81.7 Å². The highest BCUT2D eigenvalue weighted by Gasteiger charge is 2.45. The fourth-order valence-electron chi connectivity index (χ4n) is 4.49. The average molecular weight is 461 g/mol. The van der Waals surface area contributed by atoms with Gasteiger partial charge in [-0.2, -0.15) is 0 Å². The Kier molecular flexibility index (Phi) is 6.07. The van der Waals surface area contributed by atoms with Crippen LogP contribution in [0.25, 0.3) is 5.57 Å². The molecule has 0 aromatic heterocycles. The van der Waals surface area contributed by atoms with Crippen LogP contribution in [0.1, 0.15) is 16.7 Å². The van der Waals surface area contributed by atoms with Gasteiger partial charge in [0.15, 0.2) is 11.8 Å². The second kappa shape index (κ2) is 8.65. The summed E-state index contributed by atoms with van der Waals surface area (Å²) in [6, 6.07) is 10.7. The van der Waals surface area contributed by atoms with E-state index < -0.39 is 29.6 Å². The third-order valence-electron chi connectivity index (χ3n) is 5.93. The number of methoxy groups -OCH3 is 1. The summed E-state index contributed by atoms with van der Waals surface area (Å²) in [5.41, 5.74) is 5.96. The number of hydrogen-bond acceptors (Lipinski definition) is 4. The van der Waals surface area contributed by atoms with Gasteiger partial charge in [-0.15, -0.1) is 0 Å². The number of likely N-dealkylation sites (N-methyl/N-ethyl adjacent to an activating group) is 1. The third kappa shape index (κ3) is 3.60. The molecule has 2 aliphatic rings. The Labute approximate surface area is 189 Å². The van der Waals surface area contributed by atoms with Gasteiger partial charge < -0.3 is 20.5 Å². The quantitative estimate of drug-likeness (QED) is 0.689. The molecule has 0 radical (unpaired) electrons. The zero-order valence-corrected chi connectivity index (χ0v) is 18.4. The van der Waals surface area contributed by atoms with Crippen LogP contribution in [0.15, 0.2) is 54.1 Å². The van der Waals surface area contributed by atoms with Crippen molar-refractivity contribution in [2.24, 2.45) is 5.73 Å². The van der Waals surface area contributed by atoms with E-state index in [-0.39, 0.29) is 33.9 Å². The number of primary amides is 1. The van der Waals surface area contributed by atoms with Crippen molar-refractivity contribution in [3.8, 4) is 5.75 Å². The zero-order valence-electron chi connectivity index (χ0n) is 17.6. The highest BCUT2D eigenvalue weighted by atomic mass is 35.5. The van der Waals surface area contributed by atoms with Gasteiger partial charge >= 0.3 is 0 Å². The Morgan fingerprint density at radius 2 is 2.09 bits per heavy atom. The van der Waals surface area contributed by atoms with Crippen molar-refractivity contribution in [3.63, 3.8) is 0 Å². The molecule has 0 fully saturated rings. The zero-order chi connectivity index (χ0) is 23.0. The maximum Gasteiger partial charge on any atom is 0.249 e. The first kappa shape index (κ1) is 22.5. The molecular weight excluding hydrogens is 438 g/mol. The van der Waals surface area contributed by atoms with Gasteiger partial charge in [-0.25, -0.2) is 8.78 Å². The molecule has 1 aliphatic heterocycles. The summed E-state index contributed by atoms with van der Waals surface area (Å²) < 4.78 is 42.0. The highest BCUT2D eigenvalue weighted by Crippen LogP contribution is 2.49. The second-order valence-corrected chi connectivity index (χ2v) is 8.22. The number of hydrogen-bond donors (Lipinski definition) is 2. The maximum absolute atomic E-state index is 15.6. The molecule has 1 unspecified atom stereocenters. The summed E-state index contributed by atoms with van der Waals surface area (Å²) in [5.74, 6) is -1.38. The molecule has 32 heavy (non-hydrogen) atoms. The normalized spacial score (nSPS) is 24.4. The summed E-state index contributed by atoms with van der Waals surface area (Å²) in [4.78, 5) is 12.2. The Morgan fingerprint density at radius 3 is 2.72 bits per heavy atom. The fraction of sp³-hybridized carbons (Fsp3) is 0.292. The molecule has 0 saturated heterocycles. The number of amides is 1. The van der Waals surface area contributed by atoms with Crippen LogP contribution in [0.4, 0.5) is 8.78 Å². The second-order valence-electron chi connectivity index (χ2n) is 7.85. The minimum absolute atomic E-state index is 0.0775. The minimum atomic E-state index is -1.77. The van der Waals surface area contributed by atoms with Gasteiger partial charge in [-0.3, -0.25) is 4.79 Å². The van der Waals surface area contributed by atoms with Crippen molar-refractivity contribution in [1.82, 2.24) is 5.32 Å². The van der Waals surface area contributed by atoms with Crippen molar-refractivity contribution in [1.29, 1.82) is 0 Å².